The summed E-state index contributed by atoms with van der Waals surface area (Å²) >= 11 is 5.52. The molecule has 0 amide bonds. The van der Waals surface area contributed by atoms with Gasteiger partial charge in [-0.3, -0.25) is 0 Å². The Balaban J connectivity index is 0. The molecule has 64 valence electrons. The second-order valence-electron chi connectivity index (χ2n) is 2.80. The van der Waals surface area contributed by atoms with Crippen molar-refractivity contribution in [2.24, 2.45) is 0 Å². The number of aliphatic hydroxyl groups excluding tert-OH is 1. The van der Waals surface area contributed by atoms with Crippen LogP contribution in [0.3, 0.4) is 0 Å². The van der Waals surface area contributed by atoms with Gasteiger partial charge in [-0.05, 0) is 0 Å². The lowest BCUT2D eigenvalue weighted by molar-refractivity contribution is -0.888. The van der Waals surface area contributed by atoms with Crippen molar-refractivity contribution in [2.75, 3.05) is 39.7 Å². The molecule has 0 bridgehead atoms. The van der Waals surface area contributed by atoms with Crippen LogP contribution >= 0.6 is 11.6 Å². The van der Waals surface area contributed by atoms with Gasteiger partial charge in [-0.25, -0.2) is 0 Å². The van der Waals surface area contributed by atoms with Crippen molar-refractivity contribution in [3.05, 3.63) is 0 Å². The number of hydrogen-bond donors (Lipinski definition) is 1. The minimum atomic E-state index is 0. The van der Waals surface area contributed by atoms with Gasteiger partial charge in [0.1, 0.15) is 6.54 Å². The van der Waals surface area contributed by atoms with Gasteiger partial charge in [-0.15, -0.1) is 11.6 Å². The van der Waals surface area contributed by atoms with E-state index in [1.54, 1.807) is 0 Å². The van der Waals surface area contributed by atoms with Crippen LogP contribution < -0.4 is 24.0 Å². The fraction of sp³-hybridized carbons (Fsp3) is 1.00. The number of likely N-dealkylation sites (N-methyl/N-ethyl adjacent to an activating group) is 1. The number of alkyl halides is 1. The molecule has 0 saturated heterocycles. The molecule has 4 heteroatoms. The van der Waals surface area contributed by atoms with Gasteiger partial charge in [0.05, 0.1) is 33.1 Å². The van der Waals surface area contributed by atoms with E-state index >= 15 is 0 Å². The number of rotatable bonds is 4. The van der Waals surface area contributed by atoms with Crippen LogP contribution in [-0.4, -0.2) is 49.3 Å². The number of aliphatic hydroxyl groups is 1. The smallest absolute Gasteiger partial charge is 0.102 e. The number of quaternary nitrogens is 1. The van der Waals surface area contributed by atoms with Gasteiger partial charge >= 0.3 is 0 Å². The maximum absolute atomic E-state index is 8.57. The van der Waals surface area contributed by atoms with Crippen LogP contribution in [0.5, 0.6) is 0 Å². The normalized spacial score (nSPS) is 10.8. The molecular formula is C6H15ClINO. The molecule has 0 aliphatic heterocycles. The Labute approximate surface area is 84.8 Å². The molecule has 0 unspecified atom stereocenters. The van der Waals surface area contributed by atoms with Crippen molar-refractivity contribution in [1.82, 2.24) is 0 Å². The summed E-state index contributed by atoms with van der Waals surface area (Å²) in [6, 6.07) is 0. The first-order valence-corrected chi connectivity index (χ1v) is 3.64. The molecule has 1 N–H and O–H groups in total. The van der Waals surface area contributed by atoms with E-state index in [9.17, 15) is 0 Å². The third-order valence-corrected chi connectivity index (χ3v) is 1.56. The Kier molecular flexibility index (Phi) is 8.98. The van der Waals surface area contributed by atoms with Gasteiger partial charge in [-0.2, -0.15) is 0 Å². The molecule has 0 spiro atoms. The molecule has 0 atom stereocenters. The number of nitrogens with zero attached hydrogens (tertiary/aromatic N) is 1. The molecule has 10 heavy (non-hydrogen) atoms. The summed E-state index contributed by atoms with van der Waals surface area (Å²) in [6.07, 6.45) is 0. The summed E-state index contributed by atoms with van der Waals surface area (Å²) in [4.78, 5) is 0. The van der Waals surface area contributed by atoms with Gasteiger partial charge in [-0.1, -0.05) is 0 Å². The first-order chi connectivity index (χ1) is 4.12. The predicted molar refractivity (Wildman–Crippen MR) is 39.6 cm³/mol. The average molecular weight is 280 g/mol. The van der Waals surface area contributed by atoms with Crippen molar-refractivity contribution in [3.8, 4) is 0 Å². The minimum Gasteiger partial charge on any atom is -1.00 e. The third kappa shape index (κ3) is 7.05. The van der Waals surface area contributed by atoms with E-state index in [0.717, 1.165) is 17.6 Å². The number of halogens is 2. The van der Waals surface area contributed by atoms with Gasteiger partial charge < -0.3 is 33.6 Å². The molecule has 0 rings (SSSR count). The maximum Gasteiger partial charge on any atom is 0.102 e. The van der Waals surface area contributed by atoms with Gasteiger partial charge in [0.15, 0.2) is 0 Å². The molecule has 0 aromatic rings. The Morgan fingerprint density at radius 1 is 1.30 bits per heavy atom. The largest absolute Gasteiger partial charge is 1.00 e. The van der Waals surface area contributed by atoms with Crippen molar-refractivity contribution in [1.29, 1.82) is 0 Å². The SMILES string of the molecule is C[N+](C)(CCO)CCCl.[I-]. The average Bonchev–Trinajstić information content (AvgIpc) is 1.64. The summed E-state index contributed by atoms with van der Waals surface area (Å²) < 4.78 is 0.806. The van der Waals surface area contributed by atoms with Crippen LogP contribution in [0.25, 0.3) is 0 Å². The number of hydrogen-bond acceptors (Lipinski definition) is 1. The van der Waals surface area contributed by atoms with E-state index in [1.165, 1.54) is 0 Å². The highest BCUT2D eigenvalue weighted by Crippen LogP contribution is 1.95. The monoisotopic (exact) mass is 279 g/mol. The van der Waals surface area contributed by atoms with Crippen molar-refractivity contribution < 1.29 is 33.6 Å². The first kappa shape index (κ1) is 13.5. The van der Waals surface area contributed by atoms with Crippen LogP contribution in [0.2, 0.25) is 0 Å². The van der Waals surface area contributed by atoms with Crippen molar-refractivity contribution >= 4 is 11.6 Å². The Morgan fingerprint density at radius 3 is 2.10 bits per heavy atom. The fourth-order valence-corrected chi connectivity index (χ4v) is 1.07. The second-order valence-corrected chi connectivity index (χ2v) is 3.17. The lowest BCUT2D eigenvalue weighted by Gasteiger charge is -2.27. The molecule has 0 aliphatic rings. The summed E-state index contributed by atoms with van der Waals surface area (Å²) in [7, 11) is 4.11. The summed E-state index contributed by atoms with van der Waals surface area (Å²) in [5, 5.41) is 8.57. The third-order valence-electron chi connectivity index (χ3n) is 1.40. The van der Waals surface area contributed by atoms with Crippen LogP contribution in [-0.2, 0) is 0 Å². The minimum absolute atomic E-state index is 0. The predicted octanol–water partition coefficient (Wildman–Crippen LogP) is -2.70. The lowest BCUT2D eigenvalue weighted by atomic mass is 10.4. The fourth-order valence-electron chi connectivity index (χ4n) is 0.611. The van der Waals surface area contributed by atoms with Crippen LogP contribution in [0.1, 0.15) is 0 Å². The highest BCUT2D eigenvalue weighted by Gasteiger charge is 2.11. The first-order valence-electron chi connectivity index (χ1n) is 3.11. The molecule has 0 aromatic carbocycles. The highest BCUT2D eigenvalue weighted by molar-refractivity contribution is 6.17. The molecule has 0 heterocycles. The zero-order valence-corrected chi connectivity index (χ0v) is 9.39. The van der Waals surface area contributed by atoms with Crippen LogP contribution in [0.15, 0.2) is 0 Å². The molecule has 0 radical (unpaired) electrons. The van der Waals surface area contributed by atoms with E-state index in [-0.39, 0.29) is 30.6 Å². The standard InChI is InChI=1S/C6H15ClNO.HI/c1-8(2,4-3-7)5-6-9;/h9H,3-6H2,1-2H3;1H/q+1;/p-1. The maximum atomic E-state index is 8.57. The highest BCUT2D eigenvalue weighted by atomic mass is 127. The van der Waals surface area contributed by atoms with E-state index in [0.29, 0.717) is 5.88 Å². The van der Waals surface area contributed by atoms with Crippen molar-refractivity contribution in [3.63, 3.8) is 0 Å². The molecule has 0 fully saturated rings. The van der Waals surface area contributed by atoms with E-state index in [2.05, 4.69) is 14.1 Å². The topological polar surface area (TPSA) is 20.2 Å². The second kappa shape index (κ2) is 6.64. The molecule has 2 nitrogen and oxygen atoms in total. The Bertz CT molecular complexity index is 72.1. The van der Waals surface area contributed by atoms with Crippen molar-refractivity contribution in [2.45, 2.75) is 0 Å². The van der Waals surface area contributed by atoms with Gasteiger partial charge in [0.2, 0.25) is 0 Å². The van der Waals surface area contributed by atoms with E-state index < -0.39 is 0 Å². The van der Waals surface area contributed by atoms with E-state index in [4.69, 9.17) is 16.7 Å². The molecule has 0 aromatic heterocycles. The molecular weight excluding hydrogens is 264 g/mol. The lowest BCUT2D eigenvalue weighted by Crippen LogP contribution is -3.00. The van der Waals surface area contributed by atoms with Gasteiger partial charge in [0, 0.05) is 0 Å². The van der Waals surface area contributed by atoms with Gasteiger partial charge in [0.25, 0.3) is 0 Å². The van der Waals surface area contributed by atoms with E-state index in [1.807, 2.05) is 0 Å². The zero-order chi connectivity index (χ0) is 7.33. The quantitative estimate of drug-likeness (QED) is 0.337. The summed E-state index contributed by atoms with van der Waals surface area (Å²) in [5.74, 6) is 0.660. The zero-order valence-electron chi connectivity index (χ0n) is 6.48. The van der Waals surface area contributed by atoms with Crippen LogP contribution in [0.4, 0.5) is 0 Å². The van der Waals surface area contributed by atoms with Crippen LogP contribution in [0, 0.1) is 0 Å². The molecule has 0 aliphatic carbocycles. The Hall–Kier alpha value is 0.940. The molecule has 0 saturated carbocycles. The summed E-state index contributed by atoms with van der Waals surface area (Å²) in [6.45, 7) is 1.94. The Morgan fingerprint density at radius 2 is 1.80 bits per heavy atom. The summed E-state index contributed by atoms with van der Waals surface area (Å²) in [5.41, 5.74) is 0.